The van der Waals surface area contributed by atoms with Crippen LogP contribution in [0.25, 0.3) is 5.52 Å². The quantitative estimate of drug-likeness (QED) is 0.849. The molecule has 0 saturated carbocycles. The molecule has 0 amide bonds. The minimum absolute atomic E-state index is 0.232. The lowest BCUT2D eigenvalue weighted by Gasteiger charge is -2.10. The van der Waals surface area contributed by atoms with Gasteiger partial charge in [-0.2, -0.15) is 0 Å². The molecule has 4 heteroatoms. The number of fused-ring (bicyclic) bond motifs is 1. The molecule has 0 fully saturated rings. The zero-order valence-corrected chi connectivity index (χ0v) is 10.5. The molecule has 0 saturated heterocycles. The van der Waals surface area contributed by atoms with Crippen LogP contribution in [0.5, 0.6) is 0 Å². The van der Waals surface area contributed by atoms with Crippen LogP contribution in [0.1, 0.15) is 43.0 Å². The first-order chi connectivity index (χ1) is 8.04. The van der Waals surface area contributed by atoms with E-state index in [9.17, 15) is 5.11 Å². The van der Waals surface area contributed by atoms with Crippen molar-refractivity contribution in [2.45, 2.75) is 32.8 Å². The van der Waals surface area contributed by atoms with Gasteiger partial charge in [-0.05, 0) is 18.6 Å². The summed E-state index contributed by atoms with van der Waals surface area (Å²) in [6.45, 7) is 6.46. The van der Waals surface area contributed by atoms with E-state index in [-0.39, 0.29) is 6.54 Å². The molecule has 1 atom stereocenters. The SMILES string of the molecule is Cc1nc(C(C)C)n2cc(C(O)CN)ccc12. The number of imidazole rings is 1. The fourth-order valence-electron chi connectivity index (χ4n) is 2.03. The molecule has 0 bridgehead atoms. The summed E-state index contributed by atoms with van der Waals surface area (Å²) in [6, 6.07) is 3.90. The number of aliphatic hydroxyl groups excluding tert-OH is 1. The Morgan fingerprint density at radius 1 is 1.41 bits per heavy atom. The normalized spacial score (nSPS) is 13.5. The first-order valence-corrected chi connectivity index (χ1v) is 5.91. The minimum Gasteiger partial charge on any atom is -0.387 e. The van der Waals surface area contributed by atoms with E-state index >= 15 is 0 Å². The highest BCUT2D eigenvalue weighted by Crippen LogP contribution is 2.21. The minimum atomic E-state index is -0.609. The third-order valence-electron chi connectivity index (χ3n) is 3.00. The Bertz CT molecular complexity index is 531. The van der Waals surface area contributed by atoms with Gasteiger partial charge < -0.3 is 15.2 Å². The van der Waals surface area contributed by atoms with Crippen LogP contribution in [0.3, 0.4) is 0 Å². The second-order valence-electron chi connectivity index (χ2n) is 4.68. The number of aromatic nitrogens is 2. The second-order valence-corrected chi connectivity index (χ2v) is 4.68. The molecule has 4 nitrogen and oxygen atoms in total. The lowest BCUT2D eigenvalue weighted by molar-refractivity contribution is 0.186. The number of aryl methyl sites for hydroxylation is 1. The van der Waals surface area contributed by atoms with Crippen LogP contribution in [-0.4, -0.2) is 21.0 Å². The van der Waals surface area contributed by atoms with E-state index in [0.29, 0.717) is 5.92 Å². The first kappa shape index (κ1) is 12.1. The van der Waals surface area contributed by atoms with Crippen molar-refractivity contribution in [1.82, 2.24) is 9.38 Å². The second kappa shape index (κ2) is 4.47. The third-order valence-corrected chi connectivity index (χ3v) is 3.00. The van der Waals surface area contributed by atoms with Gasteiger partial charge >= 0.3 is 0 Å². The zero-order chi connectivity index (χ0) is 12.6. The van der Waals surface area contributed by atoms with Gasteiger partial charge in [0.2, 0.25) is 0 Å². The summed E-state index contributed by atoms with van der Waals surface area (Å²) in [7, 11) is 0. The molecule has 17 heavy (non-hydrogen) atoms. The summed E-state index contributed by atoms with van der Waals surface area (Å²) in [5.41, 5.74) is 8.41. The third kappa shape index (κ3) is 2.06. The molecule has 0 aliphatic carbocycles. The Kier molecular flexibility index (Phi) is 3.17. The van der Waals surface area contributed by atoms with Gasteiger partial charge in [-0.1, -0.05) is 19.9 Å². The van der Waals surface area contributed by atoms with Crippen molar-refractivity contribution in [1.29, 1.82) is 0 Å². The van der Waals surface area contributed by atoms with Crippen LogP contribution in [0, 0.1) is 6.92 Å². The number of rotatable bonds is 3. The van der Waals surface area contributed by atoms with Crippen molar-refractivity contribution in [3.63, 3.8) is 0 Å². The Hall–Kier alpha value is -1.39. The molecular weight excluding hydrogens is 214 g/mol. The van der Waals surface area contributed by atoms with Crippen molar-refractivity contribution in [2.24, 2.45) is 5.73 Å². The zero-order valence-electron chi connectivity index (χ0n) is 10.5. The van der Waals surface area contributed by atoms with E-state index in [0.717, 1.165) is 22.6 Å². The van der Waals surface area contributed by atoms with Gasteiger partial charge in [0.1, 0.15) is 5.82 Å². The number of hydrogen-bond acceptors (Lipinski definition) is 3. The smallest absolute Gasteiger partial charge is 0.116 e. The summed E-state index contributed by atoms with van der Waals surface area (Å²) in [4.78, 5) is 4.57. The van der Waals surface area contributed by atoms with E-state index in [1.54, 1.807) is 0 Å². The van der Waals surface area contributed by atoms with Gasteiger partial charge in [0.05, 0.1) is 17.3 Å². The highest BCUT2D eigenvalue weighted by atomic mass is 16.3. The number of nitrogens with two attached hydrogens (primary N) is 1. The maximum Gasteiger partial charge on any atom is 0.116 e. The highest BCUT2D eigenvalue weighted by molar-refractivity contribution is 5.54. The van der Waals surface area contributed by atoms with Crippen molar-refractivity contribution >= 4 is 5.52 Å². The predicted molar refractivity (Wildman–Crippen MR) is 68.0 cm³/mol. The topological polar surface area (TPSA) is 63.5 Å². The van der Waals surface area contributed by atoms with Gasteiger partial charge in [-0.25, -0.2) is 4.98 Å². The molecule has 0 aliphatic heterocycles. The fraction of sp³-hybridized carbons (Fsp3) is 0.462. The van der Waals surface area contributed by atoms with Gasteiger partial charge in [0, 0.05) is 18.7 Å². The highest BCUT2D eigenvalue weighted by Gasteiger charge is 2.13. The number of pyridine rings is 1. The first-order valence-electron chi connectivity index (χ1n) is 5.91. The molecule has 0 radical (unpaired) electrons. The van der Waals surface area contributed by atoms with E-state index < -0.39 is 6.10 Å². The predicted octanol–water partition coefficient (Wildman–Crippen LogP) is 1.76. The standard InChI is InChI=1S/C13H19N3O/c1-8(2)13-15-9(3)11-5-4-10(7-16(11)13)12(17)6-14/h4-5,7-8,12,17H,6,14H2,1-3H3. The lowest BCUT2D eigenvalue weighted by atomic mass is 10.1. The monoisotopic (exact) mass is 233 g/mol. The Balaban J connectivity index is 2.62. The van der Waals surface area contributed by atoms with Crippen LogP contribution >= 0.6 is 0 Å². The largest absolute Gasteiger partial charge is 0.387 e. The maximum atomic E-state index is 9.77. The fourth-order valence-corrected chi connectivity index (χ4v) is 2.03. The summed E-state index contributed by atoms with van der Waals surface area (Å²) in [5.74, 6) is 1.37. The Labute approximate surface area is 101 Å². The summed E-state index contributed by atoms with van der Waals surface area (Å²) in [6.07, 6.45) is 1.32. The average Bonchev–Trinajstić information content (AvgIpc) is 2.65. The molecule has 0 aromatic carbocycles. The van der Waals surface area contributed by atoms with Gasteiger partial charge in [0.25, 0.3) is 0 Å². The van der Waals surface area contributed by atoms with Crippen molar-refractivity contribution in [3.8, 4) is 0 Å². The molecular formula is C13H19N3O. The van der Waals surface area contributed by atoms with Crippen LogP contribution < -0.4 is 5.73 Å². The lowest BCUT2D eigenvalue weighted by Crippen LogP contribution is -2.12. The maximum absolute atomic E-state index is 9.77. The van der Waals surface area contributed by atoms with Crippen LogP contribution in [0.2, 0.25) is 0 Å². The molecule has 2 rings (SSSR count). The summed E-state index contributed by atoms with van der Waals surface area (Å²) >= 11 is 0. The van der Waals surface area contributed by atoms with E-state index in [1.807, 2.05) is 29.7 Å². The van der Waals surface area contributed by atoms with Crippen molar-refractivity contribution < 1.29 is 5.11 Å². The average molecular weight is 233 g/mol. The number of hydrogen-bond donors (Lipinski definition) is 2. The molecule has 2 aromatic heterocycles. The molecule has 3 N–H and O–H groups in total. The van der Waals surface area contributed by atoms with Gasteiger partial charge in [0.15, 0.2) is 0 Å². The number of aliphatic hydroxyl groups is 1. The molecule has 92 valence electrons. The Morgan fingerprint density at radius 3 is 2.71 bits per heavy atom. The van der Waals surface area contributed by atoms with Crippen LogP contribution in [0.15, 0.2) is 18.3 Å². The molecule has 2 aromatic rings. The van der Waals surface area contributed by atoms with Gasteiger partial charge in [-0.3, -0.25) is 0 Å². The summed E-state index contributed by atoms with van der Waals surface area (Å²) < 4.78 is 2.05. The molecule has 0 aliphatic rings. The van der Waals surface area contributed by atoms with Crippen molar-refractivity contribution in [2.75, 3.05) is 6.54 Å². The van der Waals surface area contributed by atoms with Crippen LogP contribution in [0.4, 0.5) is 0 Å². The summed E-state index contributed by atoms with van der Waals surface area (Å²) in [5, 5.41) is 9.77. The van der Waals surface area contributed by atoms with E-state index in [1.165, 1.54) is 0 Å². The van der Waals surface area contributed by atoms with Crippen molar-refractivity contribution in [3.05, 3.63) is 35.4 Å². The molecule has 2 heterocycles. The molecule has 0 spiro atoms. The van der Waals surface area contributed by atoms with E-state index in [2.05, 4.69) is 18.8 Å². The van der Waals surface area contributed by atoms with Crippen LogP contribution in [-0.2, 0) is 0 Å². The van der Waals surface area contributed by atoms with E-state index in [4.69, 9.17) is 5.73 Å². The van der Waals surface area contributed by atoms with Gasteiger partial charge in [-0.15, -0.1) is 0 Å². The number of nitrogens with zero attached hydrogens (tertiary/aromatic N) is 2. The molecule has 1 unspecified atom stereocenters. The Morgan fingerprint density at radius 2 is 2.12 bits per heavy atom.